The van der Waals surface area contributed by atoms with E-state index in [0.717, 1.165) is 11.4 Å². The van der Waals surface area contributed by atoms with Crippen molar-refractivity contribution >= 4 is 40.4 Å². The van der Waals surface area contributed by atoms with Crippen molar-refractivity contribution in [2.75, 3.05) is 16.0 Å². The van der Waals surface area contributed by atoms with E-state index >= 15 is 0 Å². The Hall–Kier alpha value is -4.52. The molecule has 1 amide bonds. The monoisotopic (exact) mass is 451 g/mol. The number of hydrogen-bond donors (Lipinski definition) is 3. The van der Waals surface area contributed by atoms with Crippen molar-refractivity contribution in [3.63, 3.8) is 0 Å². The summed E-state index contributed by atoms with van der Waals surface area (Å²) in [6, 6.07) is 23.8. The molecule has 34 heavy (non-hydrogen) atoms. The van der Waals surface area contributed by atoms with E-state index in [1.165, 1.54) is 12.5 Å². The number of nitrogens with zero attached hydrogens (tertiary/aromatic N) is 2. The fraction of sp³-hybridized carbons (Fsp3) is 0.111. The van der Waals surface area contributed by atoms with E-state index in [0.29, 0.717) is 34.3 Å². The summed E-state index contributed by atoms with van der Waals surface area (Å²) in [6.07, 6.45) is 0. The lowest BCUT2D eigenvalue weighted by Crippen LogP contribution is -2.12. The number of aryl methyl sites for hydroxylation is 2. The highest BCUT2D eigenvalue weighted by Gasteiger charge is 2.08. The molecule has 0 bridgehead atoms. The molecule has 3 N–H and O–H groups in total. The van der Waals surface area contributed by atoms with E-state index in [1.807, 2.05) is 68.4 Å². The first-order valence-electron chi connectivity index (χ1n) is 10.8. The SMILES string of the molecule is CC(=O)c1ccc(C(=O)Nc2ccc(Nc3cc(Nc4ccc(C)cc4)nc(C)n3)cc2)cc1. The molecule has 7 heteroatoms. The molecule has 0 aliphatic rings. The quantitative estimate of drug-likeness (QED) is 0.297. The van der Waals surface area contributed by atoms with Crippen LogP contribution in [0, 0.1) is 13.8 Å². The Balaban J connectivity index is 1.41. The van der Waals surface area contributed by atoms with Gasteiger partial charge in [-0.25, -0.2) is 9.97 Å². The van der Waals surface area contributed by atoms with Crippen LogP contribution < -0.4 is 16.0 Å². The molecule has 0 fully saturated rings. The molecule has 7 nitrogen and oxygen atoms in total. The molecular formula is C27H25N5O2. The summed E-state index contributed by atoms with van der Waals surface area (Å²) < 4.78 is 0. The van der Waals surface area contributed by atoms with Crippen LogP contribution >= 0.6 is 0 Å². The fourth-order valence-corrected chi connectivity index (χ4v) is 3.32. The van der Waals surface area contributed by atoms with Gasteiger partial charge in [-0.2, -0.15) is 0 Å². The van der Waals surface area contributed by atoms with Gasteiger partial charge in [0.1, 0.15) is 17.5 Å². The number of carbonyl (C=O) groups is 2. The first kappa shape index (κ1) is 22.7. The normalized spacial score (nSPS) is 10.4. The Morgan fingerprint density at radius 1 is 0.647 bits per heavy atom. The number of benzene rings is 3. The van der Waals surface area contributed by atoms with Gasteiger partial charge in [0.05, 0.1) is 0 Å². The summed E-state index contributed by atoms with van der Waals surface area (Å²) in [7, 11) is 0. The van der Waals surface area contributed by atoms with E-state index in [1.54, 1.807) is 24.3 Å². The van der Waals surface area contributed by atoms with Gasteiger partial charge in [-0.05, 0) is 69.3 Å². The molecule has 1 aromatic heterocycles. The van der Waals surface area contributed by atoms with Gasteiger partial charge >= 0.3 is 0 Å². The second-order valence-electron chi connectivity index (χ2n) is 7.97. The molecule has 0 spiro atoms. The van der Waals surface area contributed by atoms with E-state index in [-0.39, 0.29) is 11.7 Å². The third kappa shape index (κ3) is 5.83. The average Bonchev–Trinajstić information content (AvgIpc) is 2.81. The van der Waals surface area contributed by atoms with Crippen molar-refractivity contribution in [3.05, 3.63) is 101 Å². The third-order valence-electron chi connectivity index (χ3n) is 5.13. The van der Waals surface area contributed by atoms with Crippen LogP contribution in [0.2, 0.25) is 0 Å². The lowest BCUT2D eigenvalue weighted by Gasteiger charge is -2.11. The zero-order chi connectivity index (χ0) is 24.1. The smallest absolute Gasteiger partial charge is 0.255 e. The molecule has 0 unspecified atom stereocenters. The number of rotatable bonds is 7. The minimum atomic E-state index is -0.242. The number of nitrogens with one attached hydrogen (secondary N) is 3. The number of ketones is 1. The van der Waals surface area contributed by atoms with Crippen molar-refractivity contribution in [1.82, 2.24) is 9.97 Å². The lowest BCUT2D eigenvalue weighted by atomic mass is 10.1. The highest BCUT2D eigenvalue weighted by atomic mass is 16.1. The van der Waals surface area contributed by atoms with Crippen LogP contribution in [0.3, 0.4) is 0 Å². The maximum Gasteiger partial charge on any atom is 0.255 e. The highest BCUT2D eigenvalue weighted by molar-refractivity contribution is 6.05. The highest BCUT2D eigenvalue weighted by Crippen LogP contribution is 2.22. The molecule has 0 atom stereocenters. The summed E-state index contributed by atoms with van der Waals surface area (Å²) in [4.78, 5) is 32.8. The average molecular weight is 452 g/mol. The first-order valence-corrected chi connectivity index (χ1v) is 10.8. The maximum atomic E-state index is 12.5. The first-order chi connectivity index (χ1) is 16.4. The molecule has 0 radical (unpaired) electrons. The van der Waals surface area contributed by atoms with E-state index in [2.05, 4.69) is 25.9 Å². The molecule has 0 aliphatic heterocycles. The topological polar surface area (TPSA) is 96.0 Å². The summed E-state index contributed by atoms with van der Waals surface area (Å²) in [5.74, 6) is 1.71. The van der Waals surface area contributed by atoms with Crippen molar-refractivity contribution in [2.45, 2.75) is 20.8 Å². The second kappa shape index (κ2) is 9.95. The van der Waals surface area contributed by atoms with Crippen molar-refractivity contribution in [3.8, 4) is 0 Å². The van der Waals surface area contributed by atoms with Gasteiger partial charge in [0.15, 0.2) is 5.78 Å². The van der Waals surface area contributed by atoms with Crippen molar-refractivity contribution in [2.24, 2.45) is 0 Å². The van der Waals surface area contributed by atoms with Gasteiger partial charge in [0.25, 0.3) is 5.91 Å². The van der Waals surface area contributed by atoms with Crippen LogP contribution in [0.25, 0.3) is 0 Å². The lowest BCUT2D eigenvalue weighted by molar-refractivity contribution is 0.101. The van der Waals surface area contributed by atoms with Gasteiger partial charge in [-0.15, -0.1) is 0 Å². The van der Waals surface area contributed by atoms with Crippen LogP contribution in [-0.2, 0) is 0 Å². The minimum Gasteiger partial charge on any atom is -0.340 e. The minimum absolute atomic E-state index is 0.0352. The van der Waals surface area contributed by atoms with E-state index in [9.17, 15) is 9.59 Å². The summed E-state index contributed by atoms with van der Waals surface area (Å²) >= 11 is 0. The third-order valence-corrected chi connectivity index (χ3v) is 5.13. The molecule has 3 aromatic carbocycles. The summed E-state index contributed by atoms with van der Waals surface area (Å²) in [6.45, 7) is 5.38. The fourth-order valence-electron chi connectivity index (χ4n) is 3.32. The number of carbonyl (C=O) groups excluding carboxylic acids is 2. The maximum absolute atomic E-state index is 12.5. The van der Waals surface area contributed by atoms with Gasteiger partial charge in [0.2, 0.25) is 0 Å². The predicted molar refractivity (Wildman–Crippen MR) is 135 cm³/mol. The number of amides is 1. The Bertz CT molecular complexity index is 1310. The van der Waals surface area contributed by atoms with Crippen LogP contribution in [0.4, 0.5) is 28.7 Å². The van der Waals surface area contributed by atoms with Crippen LogP contribution in [0.1, 0.15) is 39.0 Å². The standard InChI is InChI=1S/C27H25N5O2/c1-17-4-10-22(11-5-17)30-25-16-26(29-19(3)28-25)31-23-12-14-24(15-13-23)32-27(34)21-8-6-20(7-9-21)18(2)33/h4-16H,1-3H3,(H,32,34)(H2,28,29,30,31). The molecule has 0 saturated heterocycles. The molecule has 0 saturated carbocycles. The number of aromatic nitrogens is 2. The molecule has 170 valence electrons. The Morgan fingerprint density at radius 3 is 1.65 bits per heavy atom. The Labute approximate surface area is 198 Å². The van der Waals surface area contributed by atoms with Gasteiger partial charge < -0.3 is 16.0 Å². The molecular weight excluding hydrogens is 426 g/mol. The van der Waals surface area contributed by atoms with Crippen LogP contribution in [0.5, 0.6) is 0 Å². The summed E-state index contributed by atoms with van der Waals surface area (Å²) in [5, 5.41) is 9.43. The largest absolute Gasteiger partial charge is 0.340 e. The zero-order valence-corrected chi connectivity index (χ0v) is 19.2. The van der Waals surface area contributed by atoms with E-state index < -0.39 is 0 Å². The van der Waals surface area contributed by atoms with Crippen LogP contribution in [-0.4, -0.2) is 21.7 Å². The molecule has 4 rings (SSSR count). The van der Waals surface area contributed by atoms with Gasteiger partial charge in [-0.1, -0.05) is 29.8 Å². The number of hydrogen-bond acceptors (Lipinski definition) is 6. The molecule has 0 aliphatic carbocycles. The Morgan fingerprint density at radius 2 is 1.12 bits per heavy atom. The van der Waals surface area contributed by atoms with Gasteiger partial charge in [0, 0.05) is 34.3 Å². The molecule has 4 aromatic rings. The van der Waals surface area contributed by atoms with Crippen molar-refractivity contribution < 1.29 is 9.59 Å². The van der Waals surface area contributed by atoms with Gasteiger partial charge in [-0.3, -0.25) is 9.59 Å². The number of anilines is 5. The zero-order valence-electron chi connectivity index (χ0n) is 19.2. The number of Topliss-reactive ketones (excluding diaryl/α,β-unsaturated/α-hetero) is 1. The Kier molecular flexibility index (Phi) is 6.64. The van der Waals surface area contributed by atoms with Crippen LogP contribution in [0.15, 0.2) is 78.9 Å². The predicted octanol–water partition coefficient (Wildman–Crippen LogP) is 6.04. The van der Waals surface area contributed by atoms with E-state index in [4.69, 9.17) is 0 Å². The molecule has 1 heterocycles. The van der Waals surface area contributed by atoms with Crippen molar-refractivity contribution in [1.29, 1.82) is 0 Å². The summed E-state index contributed by atoms with van der Waals surface area (Å²) in [5.41, 5.74) is 4.68. The second-order valence-corrected chi connectivity index (χ2v) is 7.97.